The number of benzene rings is 2. The fourth-order valence-corrected chi connectivity index (χ4v) is 3.71. The largest absolute Gasteiger partial charge is 0.493 e. The van der Waals surface area contributed by atoms with Crippen LogP contribution >= 0.6 is 0 Å². The zero-order chi connectivity index (χ0) is 22.0. The number of nitrogens with zero attached hydrogens (tertiary/aromatic N) is 2. The van der Waals surface area contributed by atoms with Gasteiger partial charge < -0.3 is 20.1 Å². The fourth-order valence-electron chi connectivity index (χ4n) is 3.71. The molecule has 3 aromatic rings. The van der Waals surface area contributed by atoms with Crippen LogP contribution in [0.3, 0.4) is 0 Å². The Morgan fingerprint density at radius 1 is 1.19 bits per heavy atom. The number of carbonyl (C=O) groups is 1. The Bertz CT molecular complexity index is 1100. The summed E-state index contributed by atoms with van der Waals surface area (Å²) in [6.45, 7) is 1.03. The van der Waals surface area contributed by atoms with Crippen LogP contribution in [0, 0.1) is 11.6 Å². The number of rotatable bonds is 6. The van der Waals surface area contributed by atoms with Crippen LogP contribution in [0.15, 0.2) is 54.9 Å². The zero-order valence-electron chi connectivity index (χ0n) is 16.8. The number of hydrogen-bond donors (Lipinski definition) is 2. The molecule has 0 aliphatic carbocycles. The predicted molar refractivity (Wildman–Crippen MR) is 113 cm³/mol. The van der Waals surface area contributed by atoms with Gasteiger partial charge in [0.15, 0.2) is 0 Å². The summed E-state index contributed by atoms with van der Waals surface area (Å²) in [5.41, 5.74) is 2.75. The van der Waals surface area contributed by atoms with Crippen LogP contribution in [0.2, 0.25) is 0 Å². The molecule has 2 heterocycles. The van der Waals surface area contributed by atoms with Gasteiger partial charge in [-0.1, -0.05) is 6.07 Å². The van der Waals surface area contributed by atoms with Gasteiger partial charge in [0.2, 0.25) is 0 Å². The normalized spacial score (nSPS) is 15.0. The summed E-state index contributed by atoms with van der Waals surface area (Å²) < 4.78 is 33.0. The topological polar surface area (TPSA) is 74.7 Å². The fraction of sp³-hybridized carbons (Fsp3) is 0.217. The number of ether oxygens (including phenoxy) is 1. The van der Waals surface area contributed by atoms with Crippen LogP contribution in [0.1, 0.15) is 28.3 Å². The van der Waals surface area contributed by atoms with Gasteiger partial charge in [-0.25, -0.2) is 13.6 Å². The van der Waals surface area contributed by atoms with Gasteiger partial charge in [-0.3, -0.25) is 4.98 Å². The third kappa shape index (κ3) is 4.42. The Labute approximate surface area is 178 Å². The van der Waals surface area contributed by atoms with E-state index >= 15 is 0 Å². The molecule has 2 N–H and O–H groups in total. The molecular weight excluding hydrogens is 404 g/mol. The molecule has 1 atom stereocenters. The standard InChI is InChI=1S/C23H21F2N3O3/c1-28(18-9-15(24)8-16(25)10-18)17-2-3-19-14(5-7-31-22(19)11-17)12-27-21-13-26-6-4-20(21)23(29)30/h2-4,6,8-11,13-14,27H,5,7,12H2,1H3,(H,29,30)/t14-/m0/s1. The lowest BCUT2D eigenvalue weighted by molar-refractivity contribution is 0.0697. The molecule has 0 spiro atoms. The quantitative estimate of drug-likeness (QED) is 0.591. The minimum Gasteiger partial charge on any atom is -0.493 e. The Hall–Kier alpha value is -3.68. The number of carboxylic acids is 1. The van der Waals surface area contributed by atoms with Gasteiger partial charge in [0, 0.05) is 49.2 Å². The third-order valence-corrected chi connectivity index (χ3v) is 5.37. The lowest BCUT2D eigenvalue weighted by atomic mass is 9.92. The minimum absolute atomic E-state index is 0.108. The highest BCUT2D eigenvalue weighted by atomic mass is 19.1. The van der Waals surface area contributed by atoms with E-state index in [1.165, 1.54) is 30.6 Å². The highest BCUT2D eigenvalue weighted by Gasteiger charge is 2.23. The third-order valence-electron chi connectivity index (χ3n) is 5.37. The van der Waals surface area contributed by atoms with Crippen molar-refractivity contribution in [2.75, 3.05) is 30.4 Å². The van der Waals surface area contributed by atoms with Crippen molar-refractivity contribution in [2.24, 2.45) is 0 Å². The second-order valence-electron chi connectivity index (χ2n) is 7.35. The number of aromatic carboxylic acids is 1. The van der Waals surface area contributed by atoms with Gasteiger partial charge in [-0.15, -0.1) is 0 Å². The van der Waals surface area contributed by atoms with Crippen molar-refractivity contribution in [3.8, 4) is 5.75 Å². The maximum absolute atomic E-state index is 13.6. The smallest absolute Gasteiger partial charge is 0.337 e. The maximum Gasteiger partial charge on any atom is 0.337 e. The van der Waals surface area contributed by atoms with E-state index in [-0.39, 0.29) is 11.5 Å². The molecule has 160 valence electrons. The second-order valence-corrected chi connectivity index (χ2v) is 7.35. The summed E-state index contributed by atoms with van der Waals surface area (Å²) >= 11 is 0. The van der Waals surface area contributed by atoms with Crippen molar-refractivity contribution in [3.05, 3.63) is 77.6 Å². The second kappa shape index (κ2) is 8.59. The molecule has 1 aliphatic heterocycles. The average molecular weight is 425 g/mol. The van der Waals surface area contributed by atoms with Crippen molar-refractivity contribution in [1.82, 2.24) is 4.98 Å². The van der Waals surface area contributed by atoms with Crippen LogP contribution in [0.5, 0.6) is 5.75 Å². The number of fused-ring (bicyclic) bond motifs is 1. The van der Waals surface area contributed by atoms with Crippen molar-refractivity contribution in [1.29, 1.82) is 0 Å². The van der Waals surface area contributed by atoms with Gasteiger partial charge in [0.25, 0.3) is 0 Å². The van der Waals surface area contributed by atoms with Crippen molar-refractivity contribution < 1.29 is 23.4 Å². The molecule has 2 aromatic carbocycles. The molecule has 1 aromatic heterocycles. The molecular formula is C23H21F2N3O3. The van der Waals surface area contributed by atoms with Crippen LogP contribution < -0.4 is 15.0 Å². The van der Waals surface area contributed by atoms with E-state index in [1.54, 1.807) is 11.9 Å². The lowest BCUT2D eigenvalue weighted by Gasteiger charge is -2.28. The molecule has 0 saturated carbocycles. The summed E-state index contributed by atoms with van der Waals surface area (Å²) in [4.78, 5) is 17.1. The number of halogens is 2. The van der Waals surface area contributed by atoms with E-state index in [0.29, 0.717) is 30.3 Å². The molecule has 1 aliphatic rings. The first-order valence-corrected chi connectivity index (χ1v) is 9.80. The van der Waals surface area contributed by atoms with Crippen molar-refractivity contribution in [3.63, 3.8) is 0 Å². The number of nitrogens with one attached hydrogen (secondary N) is 1. The molecule has 6 nitrogen and oxygen atoms in total. The number of aromatic nitrogens is 1. The van der Waals surface area contributed by atoms with Crippen LogP contribution in [0.25, 0.3) is 0 Å². The highest BCUT2D eigenvalue weighted by Crippen LogP contribution is 2.38. The predicted octanol–water partition coefficient (Wildman–Crippen LogP) is 4.80. The van der Waals surface area contributed by atoms with Gasteiger partial charge in [0.1, 0.15) is 17.4 Å². The van der Waals surface area contributed by atoms with E-state index in [4.69, 9.17) is 4.74 Å². The zero-order valence-corrected chi connectivity index (χ0v) is 16.8. The molecule has 8 heteroatoms. The molecule has 0 saturated heterocycles. The number of carboxylic acid groups (broad SMARTS) is 1. The van der Waals surface area contributed by atoms with Gasteiger partial charge in [0.05, 0.1) is 24.1 Å². The molecule has 0 bridgehead atoms. The molecule has 0 unspecified atom stereocenters. The van der Waals surface area contributed by atoms with E-state index in [0.717, 1.165) is 23.7 Å². The average Bonchev–Trinajstić information content (AvgIpc) is 2.76. The van der Waals surface area contributed by atoms with E-state index in [1.807, 2.05) is 18.2 Å². The molecule has 31 heavy (non-hydrogen) atoms. The van der Waals surface area contributed by atoms with Gasteiger partial charge in [-0.2, -0.15) is 0 Å². The van der Waals surface area contributed by atoms with Crippen molar-refractivity contribution in [2.45, 2.75) is 12.3 Å². The maximum atomic E-state index is 13.6. The first kappa shape index (κ1) is 20.6. The number of pyridine rings is 1. The van der Waals surface area contributed by atoms with E-state index in [2.05, 4.69) is 10.3 Å². The Morgan fingerprint density at radius 2 is 1.97 bits per heavy atom. The highest BCUT2D eigenvalue weighted by molar-refractivity contribution is 5.93. The minimum atomic E-state index is -1.02. The summed E-state index contributed by atoms with van der Waals surface area (Å²) in [6, 6.07) is 10.5. The summed E-state index contributed by atoms with van der Waals surface area (Å²) in [6.07, 6.45) is 3.72. The van der Waals surface area contributed by atoms with Gasteiger partial charge >= 0.3 is 5.97 Å². The van der Waals surface area contributed by atoms with Crippen LogP contribution in [-0.2, 0) is 0 Å². The Kier molecular flexibility index (Phi) is 5.70. The lowest BCUT2D eigenvalue weighted by Crippen LogP contribution is -2.22. The van der Waals surface area contributed by atoms with Gasteiger partial charge in [-0.05, 0) is 36.2 Å². The molecule has 0 radical (unpaired) electrons. The summed E-state index contributed by atoms with van der Waals surface area (Å²) in [7, 11) is 1.73. The Balaban J connectivity index is 1.54. The first-order valence-electron chi connectivity index (χ1n) is 9.80. The van der Waals surface area contributed by atoms with Crippen LogP contribution in [0.4, 0.5) is 25.8 Å². The van der Waals surface area contributed by atoms with E-state index < -0.39 is 17.6 Å². The molecule has 0 fully saturated rings. The monoisotopic (exact) mass is 425 g/mol. The Morgan fingerprint density at radius 3 is 2.71 bits per heavy atom. The van der Waals surface area contributed by atoms with E-state index in [9.17, 15) is 18.7 Å². The number of hydrogen-bond acceptors (Lipinski definition) is 5. The SMILES string of the molecule is CN(c1cc(F)cc(F)c1)c1ccc2c(c1)OCC[C@H]2CNc1cnccc1C(=O)O. The first-order chi connectivity index (χ1) is 14.9. The number of anilines is 3. The molecule has 4 rings (SSSR count). The molecule has 0 amide bonds. The summed E-state index contributed by atoms with van der Waals surface area (Å²) in [5, 5.41) is 12.5. The van der Waals surface area contributed by atoms with Crippen molar-refractivity contribution >= 4 is 23.0 Å². The van der Waals surface area contributed by atoms with Crippen LogP contribution in [-0.4, -0.2) is 36.3 Å². The summed E-state index contributed by atoms with van der Waals surface area (Å²) in [5.74, 6) is -1.49.